The predicted octanol–water partition coefficient (Wildman–Crippen LogP) is 1.60. The summed E-state index contributed by atoms with van der Waals surface area (Å²) in [5.74, 6) is -0.347. The highest BCUT2D eigenvalue weighted by Crippen LogP contribution is 2.26. The number of carboxylic acid groups (broad SMARTS) is 1. The van der Waals surface area contributed by atoms with E-state index in [9.17, 15) is 4.79 Å². The molecule has 0 spiro atoms. The quantitative estimate of drug-likeness (QED) is 0.751. The molecule has 0 bridgehead atoms. The minimum absolute atomic E-state index is 0.0999. The molecule has 1 N–H and O–H groups in total. The van der Waals surface area contributed by atoms with Crippen LogP contribution in [0.25, 0.3) is 0 Å². The molecular weight excluding hydrogens is 206 g/mol. The highest BCUT2D eigenvalue weighted by atomic mass is 16.5. The number of aliphatic carboxylic acids is 1. The van der Waals surface area contributed by atoms with Crippen LogP contribution in [0.2, 0.25) is 0 Å². The topological polar surface area (TPSA) is 49.8 Å². The molecule has 1 rings (SSSR count). The zero-order chi connectivity index (χ0) is 12.3. The largest absolute Gasteiger partial charge is 0.481 e. The van der Waals surface area contributed by atoms with Crippen LogP contribution in [0.4, 0.5) is 0 Å². The summed E-state index contributed by atoms with van der Waals surface area (Å²) in [6.45, 7) is 8.16. The average molecular weight is 229 g/mol. The third-order valence-electron chi connectivity index (χ3n) is 3.41. The predicted molar refractivity (Wildman–Crippen MR) is 62.5 cm³/mol. The van der Waals surface area contributed by atoms with Crippen LogP contribution in [0.15, 0.2) is 0 Å². The van der Waals surface area contributed by atoms with Gasteiger partial charge in [-0.3, -0.25) is 9.69 Å². The molecule has 0 saturated carbocycles. The second-order valence-corrected chi connectivity index (χ2v) is 5.43. The van der Waals surface area contributed by atoms with E-state index >= 15 is 0 Å². The molecule has 1 unspecified atom stereocenters. The second kappa shape index (κ2) is 5.15. The Kier molecular flexibility index (Phi) is 4.33. The Bertz CT molecular complexity index is 247. The van der Waals surface area contributed by atoms with Crippen LogP contribution in [0.3, 0.4) is 0 Å². The molecule has 4 nitrogen and oxygen atoms in total. The number of hydrogen-bond donors (Lipinski definition) is 1. The summed E-state index contributed by atoms with van der Waals surface area (Å²) in [5, 5.41) is 8.66. The van der Waals surface area contributed by atoms with E-state index in [0.717, 1.165) is 19.5 Å². The van der Waals surface area contributed by atoms with E-state index in [-0.39, 0.29) is 5.60 Å². The molecule has 0 aromatic heterocycles. The third kappa shape index (κ3) is 3.76. The van der Waals surface area contributed by atoms with Crippen molar-refractivity contribution in [3.63, 3.8) is 0 Å². The first kappa shape index (κ1) is 13.5. The van der Waals surface area contributed by atoms with Gasteiger partial charge in [0.1, 0.15) is 0 Å². The van der Waals surface area contributed by atoms with E-state index in [2.05, 4.69) is 25.7 Å². The van der Waals surface area contributed by atoms with Crippen LogP contribution < -0.4 is 0 Å². The summed E-state index contributed by atoms with van der Waals surface area (Å²) in [6.07, 6.45) is 1.28. The van der Waals surface area contributed by atoms with Crippen molar-refractivity contribution in [3.05, 3.63) is 0 Å². The van der Waals surface area contributed by atoms with Crippen molar-refractivity contribution in [2.45, 2.75) is 45.3 Å². The van der Waals surface area contributed by atoms with Gasteiger partial charge < -0.3 is 9.84 Å². The van der Waals surface area contributed by atoms with Gasteiger partial charge in [0.05, 0.1) is 12.0 Å². The van der Waals surface area contributed by atoms with Crippen molar-refractivity contribution in [3.8, 4) is 0 Å². The highest BCUT2D eigenvalue weighted by Gasteiger charge is 2.33. The van der Waals surface area contributed by atoms with E-state index in [1.807, 2.05) is 0 Å². The summed E-state index contributed by atoms with van der Waals surface area (Å²) >= 11 is 0. The van der Waals surface area contributed by atoms with Gasteiger partial charge in [-0.1, -0.05) is 0 Å². The Labute approximate surface area is 97.6 Å². The molecule has 1 heterocycles. The fraction of sp³-hybridized carbons (Fsp3) is 0.917. The maximum Gasteiger partial charge on any atom is 0.303 e. The van der Waals surface area contributed by atoms with E-state index in [1.54, 1.807) is 7.11 Å². The lowest BCUT2D eigenvalue weighted by Gasteiger charge is -2.44. The Balaban J connectivity index is 2.26. The molecule has 0 amide bonds. The van der Waals surface area contributed by atoms with Crippen LogP contribution in [-0.4, -0.2) is 47.8 Å². The van der Waals surface area contributed by atoms with Crippen LogP contribution in [-0.2, 0) is 9.53 Å². The van der Waals surface area contributed by atoms with Crippen molar-refractivity contribution in [2.24, 2.45) is 5.92 Å². The Morgan fingerprint density at radius 2 is 2.12 bits per heavy atom. The third-order valence-corrected chi connectivity index (χ3v) is 3.41. The van der Waals surface area contributed by atoms with Gasteiger partial charge in [0.15, 0.2) is 0 Å². The molecular formula is C12H23NO3. The smallest absolute Gasteiger partial charge is 0.303 e. The van der Waals surface area contributed by atoms with Gasteiger partial charge in [-0.05, 0) is 33.1 Å². The Morgan fingerprint density at radius 3 is 2.56 bits per heavy atom. The SMILES string of the molecule is COC(C)(C)CC(C)N1CC(CC(=O)O)C1. The van der Waals surface area contributed by atoms with Crippen molar-refractivity contribution < 1.29 is 14.6 Å². The Hall–Kier alpha value is -0.610. The number of rotatable bonds is 6. The lowest BCUT2D eigenvalue weighted by atomic mass is 9.91. The molecule has 1 fully saturated rings. The molecule has 0 aliphatic carbocycles. The summed E-state index contributed by atoms with van der Waals surface area (Å²) in [5.41, 5.74) is -0.0999. The first-order valence-corrected chi connectivity index (χ1v) is 5.85. The molecule has 94 valence electrons. The summed E-state index contributed by atoms with van der Waals surface area (Å²) < 4.78 is 5.40. The fourth-order valence-corrected chi connectivity index (χ4v) is 2.27. The minimum Gasteiger partial charge on any atom is -0.481 e. The van der Waals surface area contributed by atoms with Gasteiger partial charge in [0.25, 0.3) is 0 Å². The van der Waals surface area contributed by atoms with Crippen molar-refractivity contribution in [2.75, 3.05) is 20.2 Å². The summed E-state index contributed by atoms with van der Waals surface area (Å²) in [7, 11) is 1.73. The van der Waals surface area contributed by atoms with Crippen molar-refractivity contribution >= 4 is 5.97 Å². The van der Waals surface area contributed by atoms with Crippen LogP contribution in [0.1, 0.15) is 33.6 Å². The molecule has 1 aliphatic rings. The number of carboxylic acids is 1. The molecule has 4 heteroatoms. The average Bonchev–Trinajstić information content (AvgIpc) is 2.09. The van der Waals surface area contributed by atoms with Crippen molar-refractivity contribution in [1.29, 1.82) is 0 Å². The number of hydrogen-bond acceptors (Lipinski definition) is 3. The zero-order valence-corrected chi connectivity index (χ0v) is 10.7. The first-order chi connectivity index (χ1) is 7.34. The number of likely N-dealkylation sites (tertiary alicyclic amines) is 1. The van der Waals surface area contributed by atoms with Gasteiger partial charge in [0, 0.05) is 26.2 Å². The van der Waals surface area contributed by atoms with E-state index in [0.29, 0.717) is 18.4 Å². The molecule has 1 atom stereocenters. The molecule has 1 saturated heterocycles. The van der Waals surface area contributed by atoms with Crippen LogP contribution in [0.5, 0.6) is 0 Å². The maximum atomic E-state index is 10.5. The van der Waals surface area contributed by atoms with Gasteiger partial charge in [-0.25, -0.2) is 0 Å². The van der Waals surface area contributed by atoms with Crippen LogP contribution >= 0.6 is 0 Å². The monoisotopic (exact) mass is 229 g/mol. The number of carbonyl (C=O) groups is 1. The lowest BCUT2D eigenvalue weighted by molar-refractivity contribution is -0.140. The van der Waals surface area contributed by atoms with Gasteiger partial charge in [-0.2, -0.15) is 0 Å². The molecule has 1 aliphatic heterocycles. The molecule has 0 aromatic carbocycles. The zero-order valence-electron chi connectivity index (χ0n) is 10.7. The molecule has 0 radical (unpaired) electrons. The minimum atomic E-state index is -0.686. The maximum absolute atomic E-state index is 10.5. The summed E-state index contributed by atoms with van der Waals surface area (Å²) in [6, 6.07) is 0.458. The van der Waals surface area contributed by atoms with Gasteiger partial charge in [0.2, 0.25) is 0 Å². The second-order valence-electron chi connectivity index (χ2n) is 5.43. The highest BCUT2D eigenvalue weighted by molar-refractivity contribution is 5.67. The Morgan fingerprint density at radius 1 is 1.56 bits per heavy atom. The summed E-state index contributed by atoms with van der Waals surface area (Å²) in [4.78, 5) is 12.8. The lowest BCUT2D eigenvalue weighted by Crippen LogP contribution is -2.53. The fourth-order valence-electron chi connectivity index (χ4n) is 2.27. The molecule has 16 heavy (non-hydrogen) atoms. The normalized spacial score (nSPS) is 20.5. The van der Waals surface area contributed by atoms with Gasteiger partial charge in [-0.15, -0.1) is 0 Å². The number of ether oxygens (including phenoxy) is 1. The van der Waals surface area contributed by atoms with E-state index < -0.39 is 5.97 Å². The van der Waals surface area contributed by atoms with E-state index in [1.165, 1.54) is 0 Å². The van der Waals surface area contributed by atoms with Gasteiger partial charge >= 0.3 is 5.97 Å². The first-order valence-electron chi connectivity index (χ1n) is 5.85. The number of nitrogens with zero attached hydrogens (tertiary/aromatic N) is 1. The van der Waals surface area contributed by atoms with E-state index in [4.69, 9.17) is 9.84 Å². The standard InChI is InChI=1S/C12H23NO3/c1-9(6-12(2,3)16-4)13-7-10(8-13)5-11(14)15/h9-10H,5-8H2,1-4H3,(H,14,15). The van der Waals surface area contributed by atoms with Crippen molar-refractivity contribution in [1.82, 2.24) is 4.90 Å². The number of methoxy groups -OCH3 is 1. The van der Waals surface area contributed by atoms with Crippen LogP contribution in [0, 0.1) is 5.92 Å². The molecule has 0 aromatic rings.